The Morgan fingerprint density at radius 3 is 1.55 bits per heavy atom. The van der Waals surface area contributed by atoms with Crippen LogP contribution < -0.4 is 0 Å². The summed E-state index contributed by atoms with van der Waals surface area (Å²) in [5, 5.41) is 0. The first-order valence-corrected chi connectivity index (χ1v) is 12.0. The Morgan fingerprint density at radius 1 is 0.667 bits per heavy atom. The minimum Gasteiger partial charge on any atom is -0.434 e. The first-order valence-electron chi connectivity index (χ1n) is 11.0. The molecule has 0 bridgehead atoms. The smallest absolute Gasteiger partial charge is 0.311 e. The number of esters is 1. The van der Waals surface area contributed by atoms with Crippen LogP contribution in [0.1, 0.15) is 28.7 Å². The van der Waals surface area contributed by atoms with Gasteiger partial charge in [0.2, 0.25) is 0 Å². The summed E-state index contributed by atoms with van der Waals surface area (Å²) in [5.74, 6) is 0.384. The van der Waals surface area contributed by atoms with Gasteiger partial charge in [0.15, 0.2) is 0 Å². The number of carbonyl (C=O) groups is 1. The van der Waals surface area contributed by atoms with Crippen molar-refractivity contribution in [1.29, 1.82) is 0 Å². The standard InChI is InChI=1S/C30H26O2S/c31-29(32-23-21-25-13-5-1-6-14-25)22-24-33-30(26-15-7-2-8-16-26,27-17-9-3-10-18-27)28-19-11-4-12-20-28/h1-21,23H,22,24H2/b23-21+. The molecule has 0 spiro atoms. The molecule has 0 saturated carbocycles. The summed E-state index contributed by atoms with van der Waals surface area (Å²) in [7, 11) is 0. The molecule has 0 saturated heterocycles. The van der Waals surface area contributed by atoms with Gasteiger partial charge >= 0.3 is 5.97 Å². The molecule has 2 nitrogen and oxygen atoms in total. The van der Waals surface area contributed by atoms with E-state index in [9.17, 15) is 4.79 Å². The second-order valence-corrected chi connectivity index (χ2v) is 8.89. The monoisotopic (exact) mass is 450 g/mol. The molecule has 3 heteroatoms. The highest BCUT2D eigenvalue weighted by Crippen LogP contribution is 2.48. The molecule has 4 aromatic rings. The van der Waals surface area contributed by atoms with Crippen molar-refractivity contribution in [2.45, 2.75) is 11.2 Å². The Kier molecular flexibility index (Phi) is 7.78. The highest BCUT2D eigenvalue weighted by molar-refractivity contribution is 8.00. The molecule has 0 radical (unpaired) electrons. The molecule has 0 atom stereocenters. The van der Waals surface area contributed by atoms with Crippen molar-refractivity contribution in [3.63, 3.8) is 0 Å². The van der Waals surface area contributed by atoms with Gasteiger partial charge in [0, 0.05) is 5.75 Å². The number of hydrogen-bond donors (Lipinski definition) is 0. The lowest BCUT2D eigenvalue weighted by Crippen LogP contribution is -2.26. The third-order valence-corrected chi connectivity index (χ3v) is 6.97. The van der Waals surface area contributed by atoms with E-state index >= 15 is 0 Å². The van der Waals surface area contributed by atoms with Gasteiger partial charge in [-0.15, -0.1) is 11.8 Å². The molecule has 0 unspecified atom stereocenters. The van der Waals surface area contributed by atoms with E-state index in [0.717, 1.165) is 5.56 Å². The Labute approximate surface area is 200 Å². The number of hydrogen-bond acceptors (Lipinski definition) is 3. The lowest BCUT2D eigenvalue weighted by atomic mass is 9.84. The van der Waals surface area contributed by atoms with Gasteiger partial charge in [0.25, 0.3) is 0 Å². The topological polar surface area (TPSA) is 26.3 Å². The van der Waals surface area contributed by atoms with Crippen molar-refractivity contribution in [3.8, 4) is 0 Å². The Bertz CT molecular complexity index is 1060. The van der Waals surface area contributed by atoms with Crippen LogP contribution >= 0.6 is 11.8 Å². The van der Waals surface area contributed by atoms with Crippen molar-refractivity contribution in [2.24, 2.45) is 0 Å². The molecule has 0 aliphatic heterocycles. The summed E-state index contributed by atoms with van der Waals surface area (Å²) < 4.78 is 4.92. The number of ether oxygens (including phenoxy) is 1. The van der Waals surface area contributed by atoms with E-state index in [4.69, 9.17) is 4.74 Å². The summed E-state index contributed by atoms with van der Waals surface area (Å²) in [6.45, 7) is 0. The molecule has 0 amide bonds. The van der Waals surface area contributed by atoms with Gasteiger partial charge < -0.3 is 4.74 Å². The van der Waals surface area contributed by atoms with Crippen molar-refractivity contribution in [2.75, 3.05) is 5.75 Å². The average Bonchev–Trinajstić information content (AvgIpc) is 2.89. The van der Waals surface area contributed by atoms with Gasteiger partial charge in [-0.25, -0.2) is 0 Å². The van der Waals surface area contributed by atoms with Crippen LogP contribution in [-0.2, 0) is 14.3 Å². The fraction of sp³-hybridized carbons (Fsp3) is 0.100. The van der Waals surface area contributed by atoms with Crippen LogP contribution in [0.3, 0.4) is 0 Å². The first-order chi connectivity index (χ1) is 16.3. The van der Waals surface area contributed by atoms with Gasteiger partial charge in [-0.1, -0.05) is 121 Å². The molecule has 0 fully saturated rings. The Balaban J connectivity index is 1.56. The van der Waals surface area contributed by atoms with Crippen LogP contribution in [0.2, 0.25) is 0 Å². The zero-order chi connectivity index (χ0) is 22.8. The van der Waals surface area contributed by atoms with Crippen LogP contribution in [0.15, 0.2) is 128 Å². The summed E-state index contributed by atoms with van der Waals surface area (Å²) in [4.78, 5) is 12.4. The van der Waals surface area contributed by atoms with Crippen LogP contribution in [0.5, 0.6) is 0 Å². The van der Waals surface area contributed by atoms with Crippen LogP contribution in [0.4, 0.5) is 0 Å². The quantitative estimate of drug-likeness (QED) is 0.152. The molecular formula is C30H26O2S. The average molecular weight is 451 g/mol. The van der Waals surface area contributed by atoms with E-state index in [1.165, 1.54) is 23.0 Å². The van der Waals surface area contributed by atoms with E-state index in [1.807, 2.05) is 48.5 Å². The third kappa shape index (κ3) is 5.63. The summed E-state index contributed by atoms with van der Waals surface area (Å²) in [6, 6.07) is 41.3. The molecule has 0 aliphatic carbocycles. The Morgan fingerprint density at radius 2 is 1.09 bits per heavy atom. The van der Waals surface area contributed by atoms with Crippen LogP contribution in [0, 0.1) is 0 Å². The van der Waals surface area contributed by atoms with Gasteiger partial charge in [-0.05, 0) is 28.3 Å². The van der Waals surface area contributed by atoms with E-state index in [0.29, 0.717) is 12.2 Å². The predicted molar refractivity (Wildman–Crippen MR) is 138 cm³/mol. The zero-order valence-electron chi connectivity index (χ0n) is 18.3. The normalized spacial score (nSPS) is 11.4. The highest BCUT2D eigenvalue weighted by Gasteiger charge is 2.36. The third-order valence-electron chi connectivity index (χ3n) is 5.43. The maximum Gasteiger partial charge on any atom is 0.311 e. The summed E-state index contributed by atoms with van der Waals surface area (Å²) >= 11 is 1.76. The van der Waals surface area contributed by atoms with Gasteiger partial charge in [-0.3, -0.25) is 4.79 Å². The molecule has 0 aromatic heterocycles. The first kappa shape index (κ1) is 22.6. The molecule has 0 N–H and O–H groups in total. The minimum atomic E-state index is -0.427. The van der Waals surface area contributed by atoms with E-state index in [1.54, 1.807) is 17.8 Å². The molecule has 164 valence electrons. The molecule has 0 heterocycles. The second-order valence-electron chi connectivity index (χ2n) is 7.58. The summed E-state index contributed by atoms with van der Waals surface area (Å²) in [6.07, 6.45) is 3.59. The maximum absolute atomic E-state index is 12.4. The minimum absolute atomic E-state index is 0.238. The summed E-state index contributed by atoms with van der Waals surface area (Å²) in [5.41, 5.74) is 4.55. The lowest BCUT2D eigenvalue weighted by molar-refractivity contribution is -0.137. The molecule has 0 aliphatic rings. The highest BCUT2D eigenvalue weighted by atomic mass is 32.2. The van der Waals surface area contributed by atoms with Crippen molar-refractivity contribution in [1.82, 2.24) is 0 Å². The molecule has 33 heavy (non-hydrogen) atoms. The second kappa shape index (κ2) is 11.3. The number of benzene rings is 4. The zero-order valence-corrected chi connectivity index (χ0v) is 19.2. The van der Waals surface area contributed by atoms with Crippen molar-refractivity contribution in [3.05, 3.63) is 150 Å². The largest absolute Gasteiger partial charge is 0.434 e. The van der Waals surface area contributed by atoms with Crippen LogP contribution in [-0.4, -0.2) is 11.7 Å². The van der Waals surface area contributed by atoms with Crippen molar-refractivity contribution < 1.29 is 9.53 Å². The molecule has 4 aromatic carbocycles. The van der Waals surface area contributed by atoms with Gasteiger partial charge in [-0.2, -0.15) is 0 Å². The predicted octanol–water partition coefficient (Wildman–Crippen LogP) is 7.32. The molecular weight excluding hydrogens is 424 g/mol. The van der Waals surface area contributed by atoms with Crippen LogP contribution in [0.25, 0.3) is 6.08 Å². The van der Waals surface area contributed by atoms with Gasteiger partial charge in [0.05, 0.1) is 17.4 Å². The number of thioether (sulfide) groups is 1. The van der Waals surface area contributed by atoms with E-state index in [-0.39, 0.29) is 5.97 Å². The van der Waals surface area contributed by atoms with Gasteiger partial charge in [0.1, 0.15) is 0 Å². The number of carbonyl (C=O) groups excluding carboxylic acids is 1. The Hall–Kier alpha value is -3.56. The number of rotatable bonds is 9. The maximum atomic E-state index is 12.4. The molecule has 4 rings (SSSR count). The van der Waals surface area contributed by atoms with E-state index in [2.05, 4.69) is 72.8 Å². The van der Waals surface area contributed by atoms with E-state index < -0.39 is 4.75 Å². The fourth-order valence-electron chi connectivity index (χ4n) is 3.87. The fourth-order valence-corrected chi connectivity index (χ4v) is 5.35. The van der Waals surface area contributed by atoms with Crippen molar-refractivity contribution >= 4 is 23.8 Å². The lowest BCUT2D eigenvalue weighted by Gasteiger charge is -2.35. The SMILES string of the molecule is O=C(CCSC(c1ccccc1)(c1ccccc1)c1ccccc1)O/C=C/c1ccccc1.